The van der Waals surface area contributed by atoms with Crippen molar-refractivity contribution in [2.45, 2.75) is 193 Å². The van der Waals surface area contributed by atoms with Crippen LogP contribution in [0.5, 0.6) is 0 Å². The summed E-state index contributed by atoms with van der Waals surface area (Å²) in [5, 5.41) is 2.66. The van der Waals surface area contributed by atoms with E-state index in [1.165, 1.54) is 69.3 Å². The number of allylic oxidation sites excluding steroid dienone is 5. The first-order valence-corrected chi connectivity index (χ1v) is 41.3. The van der Waals surface area contributed by atoms with Gasteiger partial charge in [-0.05, 0) is 174 Å². The summed E-state index contributed by atoms with van der Waals surface area (Å²) in [7, 11) is 35.3. The fourth-order valence-electron chi connectivity index (χ4n) is 11.1. The molecule has 0 fully saturated rings. The Morgan fingerprint density at radius 1 is 0.236 bits per heavy atom. The van der Waals surface area contributed by atoms with Gasteiger partial charge in [-0.1, -0.05) is 80.7 Å². The largest absolute Gasteiger partial charge is 1.00 e. The van der Waals surface area contributed by atoms with Crippen LogP contribution in [0.4, 0.5) is 0 Å². The molecule has 0 N–H and O–H groups in total. The van der Waals surface area contributed by atoms with E-state index in [0.29, 0.717) is 75.1 Å². The number of carbonyl (C=O) groups is 8. The van der Waals surface area contributed by atoms with Gasteiger partial charge in [-0.3, -0.25) is 38.4 Å². The number of ketones is 8. The Labute approximate surface area is 740 Å². The molecule has 0 aliphatic heterocycles. The van der Waals surface area contributed by atoms with Crippen molar-refractivity contribution in [1.29, 1.82) is 0 Å². The topological polar surface area (TPSA) is 143 Å². The summed E-state index contributed by atoms with van der Waals surface area (Å²) in [5.41, 5.74) is 0. The van der Waals surface area contributed by atoms with Crippen LogP contribution < -0.4 is 102 Å². The van der Waals surface area contributed by atoms with E-state index in [0.717, 1.165) is 230 Å². The minimum Gasteiger partial charge on any atom is -1.00 e. The second kappa shape index (κ2) is 81.6. The van der Waals surface area contributed by atoms with Crippen LogP contribution in [0.2, 0.25) is 0 Å². The Hall–Kier alpha value is 0.0600. The Morgan fingerprint density at radius 3 is 0.623 bits per heavy atom. The molecule has 0 atom stereocenters. The molecular formula is C81H157Br9N8O8. The number of halogens is 9. The van der Waals surface area contributed by atoms with E-state index in [-0.39, 0.29) is 131 Å². The van der Waals surface area contributed by atoms with Crippen molar-refractivity contribution in [1.82, 2.24) is 9.80 Å². The second-order valence-electron chi connectivity index (χ2n) is 31.9. The standard InChI is InChI=1S/C30H58N3O3.C21H41BrN2O2.C12H23BrNO.C9H18BrNO.C9H17NO.6BrH/c1-9-28(34)18-11-14-22-31(3,4)25-17-26-32(5,6)23-16-13-20-30(36)21-27-33(7,8)24-15-12-19-29(35)10-2;1-6-20(25)12-7-9-16-23(2,3)18-11-19-24(4,5)17-10-8-13-21(26)14-15-22;1-4-12(15)8-5-6-10-14(2,3)11-7-9-13;1-11(2)8-4-3-5-9(12)6-7-10;1-4-9(11)7-5-6-8-10(2)3;;;;;;/h9-10H,1-2,11-27H2,3-8H3;6H,1,7-19H2,2-5H3;4H,1,5-11H2,2-3H3;3-8H2,1-2H3;4H,1,5-8H2,2-3H3;6*1H/q+3;+2;+1;;;;;;;;/p-6. The van der Waals surface area contributed by atoms with E-state index < -0.39 is 0 Å². The molecule has 0 heterocycles. The third-order valence-electron chi connectivity index (χ3n) is 18.1. The maximum Gasteiger partial charge on any atom is 0.155 e. The summed E-state index contributed by atoms with van der Waals surface area (Å²) < 4.78 is 5.93. The molecule has 0 amide bonds. The summed E-state index contributed by atoms with van der Waals surface area (Å²) in [5.74, 6) is 1.88. The Bertz CT molecular complexity index is 2260. The highest BCUT2D eigenvalue weighted by Crippen LogP contribution is 2.15. The molecule has 16 nitrogen and oxygen atoms in total. The van der Waals surface area contributed by atoms with Crippen LogP contribution in [-0.2, 0) is 38.4 Å². The van der Waals surface area contributed by atoms with E-state index in [2.05, 4.69) is 189 Å². The monoisotopic (exact) mass is 2080 g/mol. The van der Waals surface area contributed by atoms with Crippen molar-refractivity contribution in [3.8, 4) is 0 Å². The molecule has 106 heavy (non-hydrogen) atoms. The second-order valence-corrected chi connectivity index (χ2v) is 34.3. The van der Waals surface area contributed by atoms with Gasteiger partial charge in [0.25, 0.3) is 0 Å². The zero-order chi connectivity index (χ0) is 77.5. The third-order valence-corrected chi connectivity index (χ3v) is 19.5. The summed E-state index contributed by atoms with van der Waals surface area (Å²) in [6, 6.07) is 0. The fourth-order valence-corrected chi connectivity index (χ4v) is 12.2. The third kappa shape index (κ3) is 100. The SMILES string of the molecule is C=CC(=O)CCCCN(C)C.C=CC(=O)CCCC[N+](C)(C)CCCBr.C=CC(=O)CCCC[N+](C)(C)CCC[N+](C)(C)CCCCC(=O)CCBr.C=CC(=O)CCCC[N+](C)(C)CCC[N+](C)(C)CCCCC(=O)CC[N+](C)(C)CCCCC(=O)C=C.CN(C)CCCCC(=O)CCBr.[Br-].[Br-].[Br-].[Br-].[Br-].[Br-]. The predicted molar refractivity (Wildman–Crippen MR) is 439 cm³/mol. The van der Waals surface area contributed by atoms with Crippen LogP contribution in [0.1, 0.15) is 193 Å². The Kier molecular flexibility index (Phi) is 99.8. The summed E-state index contributed by atoms with van der Waals surface area (Å²) in [4.78, 5) is 94.9. The quantitative estimate of drug-likeness (QED) is 0.0267. The lowest BCUT2D eigenvalue weighted by Crippen LogP contribution is -3.00. The Morgan fingerprint density at radius 2 is 0.415 bits per heavy atom. The molecule has 0 radical (unpaired) electrons. The van der Waals surface area contributed by atoms with Crippen LogP contribution >= 0.6 is 47.8 Å². The first-order chi connectivity index (χ1) is 46.7. The van der Waals surface area contributed by atoms with E-state index in [1.807, 2.05) is 14.1 Å². The smallest absolute Gasteiger partial charge is 0.155 e. The van der Waals surface area contributed by atoms with Gasteiger partial charge >= 0.3 is 0 Å². The van der Waals surface area contributed by atoms with Gasteiger partial charge in [0.15, 0.2) is 28.9 Å². The van der Waals surface area contributed by atoms with E-state index >= 15 is 0 Å². The van der Waals surface area contributed by atoms with Gasteiger partial charge in [-0.25, -0.2) is 0 Å². The molecule has 0 bridgehead atoms. The number of carbonyl (C=O) groups excluding carboxylic acids is 8. The van der Waals surface area contributed by atoms with Crippen molar-refractivity contribution < 1.29 is 167 Å². The van der Waals surface area contributed by atoms with Gasteiger partial charge in [-0.2, -0.15) is 0 Å². The highest BCUT2D eigenvalue weighted by atomic mass is 79.9. The van der Waals surface area contributed by atoms with Crippen LogP contribution in [0.3, 0.4) is 0 Å². The van der Waals surface area contributed by atoms with Crippen molar-refractivity contribution in [2.75, 3.05) is 220 Å². The van der Waals surface area contributed by atoms with Crippen LogP contribution in [-0.4, -0.2) is 303 Å². The zero-order valence-electron chi connectivity index (χ0n) is 69.9. The molecule has 0 unspecified atom stereocenters. The number of Topliss-reactive ketones (excluding diaryl/α,β-unsaturated/α-hetero) is 3. The summed E-state index contributed by atoms with van der Waals surface area (Å²) in [6.45, 7) is 32.9. The average Bonchev–Trinajstić information content (AvgIpc) is 0.925. The minimum absolute atomic E-state index is 0. The molecule has 0 rings (SSSR count). The van der Waals surface area contributed by atoms with Crippen molar-refractivity contribution in [3.63, 3.8) is 0 Å². The lowest BCUT2D eigenvalue weighted by Gasteiger charge is -2.33. The normalized spacial score (nSPS) is 11.1. The van der Waals surface area contributed by atoms with E-state index in [4.69, 9.17) is 0 Å². The number of rotatable bonds is 63. The van der Waals surface area contributed by atoms with Crippen molar-refractivity contribution in [3.05, 3.63) is 63.3 Å². The van der Waals surface area contributed by atoms with Crippen molar-refractivity contribution in [2.24, 2.45) is 0 Å². The molecule has 0 aliphatic carbocycles. The lowest BCUT2D eigenvalue weighted by molar-refractivity contribution is -0.909. The molecule has 0 aliphatic rings. The van der Waals surface area contributed by atoms with Gasteiger partial charge in [0, 0.05) is 99.5 Å². The molecule has 0 saturated heterocycles. The molecule has 0 aromatic carbocycles. The molecule has 0 spiro atoms. The molecule has 0 aromatic heterocycles. The van der Waals surface area contributed by atoms with Gasteiger partial charge in [0.1, 0.15) is 17.3 Å². The van der Waals surface area contributed by atoms with Crippen LogP contribution in [0.15, 0.2) is 63.3 Å². The first-order valence-electron chi connectivity index (χ1n) is 37.9. The van der Waals surface area contributed by atoms with E-state index in [1.54, 1.807) is 0 Å². The van der Waals surface area contributed by atoms with E-state index in [9.17, 15) is 38.4 Å². The van der Waals surface area contributed by atoms with Crippen LogP contribution in [0.25, 0.3) is 0 Å². The Balaban J connectivity index is -0.000000125. The minimum atomic E-state index is 0. The molecular weight excluding hydrogens is 1930 g/mol. The maximum absolute atomic E-state index is 12.4. The number of nitrogens with zero attached hydrogens (tertiary/aromatic N) is 8. The number of alkyl halides is 3. The lowest BCUT2D eigenvalue weighted by atomic mass is 10.1. The molecule has 25 heteroatoms. The molecule has 0 aromatic rings. The van der Waals surface area contributed by atoms with Gasteiger partial charge in [-0.15, -0.1) is 0 Å². The first kappa shape index (κ1) is 130. The number of hydrogen-bond acceptors (Lipinski definition) is 10. The van der Waals surface area contributed by atoms with Gasteiger partial charge in [0.2, 0.25) is 0 Å². The van der Waals surface area contributed by atoms with Gasteiger partial charge in [0.05, 0.1) is 170 Å². The number of unbranched alkanes of at least 4 members (excludes halogenated alkanes) is 8. The molecule has 632 valence electrons. The zero-order valence-corrected chi connectivity index (χ0v) is 84.2. The van der Waals surface area contributed by atoms with Crippen molar-refractivity contribution >= 4 is 94.1 Å². The summed E-state index contributed by atoms with van der Waals surface area (Å²) in [6.07, 6.45) is 34.4. The fraction of sp³-hybridized carbons (Fsp3) is 0.778. The highest BCUT2D eigenvalue weighted by molar-refractivity contribution is 9.09. The predicted octanol–water partition coefficient (Wildman–Crippen LogP) is -3.09. The number of hydrogen-bond donors (Lipinski definition) is 0. The van der Waals surface area contributed by atoms with Gasteiger partial charge < -0.3 is 139 Å². The number of quaternary nitrogens is 6. The highest BCUT2D eigenvalue weighted by Gasteiger charge is 2.23. The van der Waals surface area contributed by atoms with Crippen LogP contribution in [0, 0.1) is 0 Å². The summed E-state index contributed by atoms with van der Waals surface area (Å²) >= 11 is 10.0. The molecule has 0 saturated carbocycles. The average molecular weight is 2090 g/mol. The maximum atomic E-state index is 12.4.